The van der Waals surface area contributed by atoms with Crippen LogP contribution in [0.25, 0.3) is 0 Å². The van der Waals surface area contributed by atoms with Crippen molar-refractivity contribution in [1.82, 2.24) is 25.0 Å². The first-order valence-electron chi connectivity index (χ1n) is 7.73. The molecule has 0 unspecified atom stereocenters. The molecule has 138 valence electrons. The van der Waals surface area contributed by atoms with Crippen LogP contribution < -0.4 is 10.1 Å². The highest BCUT2D eigenvalue weighted by molar-refractivity contribution is 14.0. The van der Waals surface area contributed by atoms with Gasteiger partial charge >= 0.3 is 0 Å². The predicted octanol–water partition coefficient (Wildman–Crippen LogP) is 1.74. The molecule has 0 saturated carbocycles. The Hall–Kier alpha value is -2.04. The molecule has 0 spiro atoms. The van der Waals surface area contributed by atoms with Gasteiger partial charge in [-0.3, -0.25) is 4.68 Å². The van der Waals surface area contributed by atoms with E-state index in [9.17, 15) is 5.11 Å². The van der Waals surface area contributed by atoms with Gasteiger partial charge in [0.25, 0.3) is 0 Å². The van der Waals surface area contributed by atoms with Crippen molar-refractivity contribution in [2.24, 2.45) is 12.0 Å². The maximum absolute atomic E-state index is 9.85. The van der Waals surface area contributed by atoms with E-state index in [0.29, 0.717) is 18.8 Å². The Morgan fingerprint density at radius 1 is 1.44 bits per heavy atom. The van der Waals surface area contributed by atoms with Crippen LogP contribution in [0.5, 0.6) is 11.5 Å². The lowest BCUT2D eigenvalue weighted by atomic mass is 10.2. The highest BCUT2D eigenvalue weighted by Gasteiger charge is 2.10. The number of nitrogens with zero attached hydrogens (tertiary/aromatic N) is 5. The Bertz CT molecular complexity index is 704. The van der Waals surface area contributed by atoms with Crippen molar-refractivity contribution in [1.29, 1.82) is 0 Å². The minimum absolute atomic E-state index is 0. The van der Waals surface area contributed by atoms with Gasteiger partial charge in [0.2, 0.25) is 0 Å². The molecule has 0 aliphatic rings. The summed E-state index contributed by atoms with van der Waals surface area (Å²) < 4.78 is 6.79. The molecule has 0 bridgehead atoms. The van der Waals surface area contributed by atoms with E-state index in [2.05, 4.69) is 20.4 Å². The van der Waals surface area contributed by atoms with Crippen LogP contribution in [-0.4, -0.2) is 51.4 Å². The number of hydrogen-bond donors (Lipinski definition) is 2. The number of rotatable bonds is 6. The van der Waals surface area contributed by atoms with Crippen molar-refractivity contribution in [3.05, 3.63) is 35.9 Å². The number of hydrogen-bond acceptors (Lipinski definition) is 5. The second-order valence-electron chi connectivity index (χ2n) is 5.33. The zero-order valence-corrected chi connectivity index (χ0v) is 17.3. The average Bonchev–Trinajstić information content (AvgIpc) is 2.96. The number of aromatic hydroxyl groups is 1. The van der Waals surface area contributed by atoms with E-state index >= 15 is 0 Å². The van der Waals surface area contributed by atoms with Gasteiger partial charge < -0.3 is 20.1 Å². The molecule has 0 aliphatic carbocycles. The normalized spacial score (nSPS) is 11.0. The first kappa shape index (κ1) is 21.0. The predicted molar refractivity (Wildman–Crippen MR) is 107 cm³/mol. The van der Waals surface area contributed by atoms with E-state index in [0.717, 1.165) is 23.9 Å². The van der Waals surface area contributed by atoms with Gasteiger partial charge in [0, 0.05) is 20.6 Å². The van der Waals surface area contributed by atoms with E-state index in [1.54, 1.807) is 16.8 Å². The second-order valence-corrected chi connectivity index (χ2v) is 5.33. The Morgan fingerprint density at radius 2 is 2.20 bits per heavy atom. The molecular weight excluding hydrogens is 435 g/mol. The number of phenolic OH excluding ortho intramolecular Hbond substituents is 1. The first-order valence-corrected chi connectivity index (χ1v) is 7.73. The molecule has 0 fully saturated rings. The molecule has 0 amide bonds. The van der Waals surface area contributed by atoms with Gasteiger partial charge in [-0.2, -0.15) is 5.10 Å². The number of halogens is 1. The third kappa shape index (κ3) is 5.76. The molecule has 0 saturated heterocycles. The fourth-order valence-electron chi connectivity index (χ4n) is 2.22. The fraction of sp³-hybridized carbons (Fsp3) is 0.438. The van der Waals surface area contributed by atoms with Crippen LogP contribution in [0, 0.1) is 0 Å². The molecular formula is C16H25IN6O2. The van der Waals surface area contributed by atoms with Crippen LogP contribution in [0.4, 0.5) is 0 Å². The largest absolute Gasteiger partial charge is 0.504 e. The van der Waals surface area contributed by atoms with Crippen molar-refractivity contribution >= 4 is 29.9 Å². The van der Waals surface area contributed by atoms with E-state index in [-0.39, 0.29) is 29.7 Å². The molecule has 1 aromatic carbocycles. The molecule has 1 heterocycles. The van der Waals surface area contributed by atoms with E-state index < -0.39 is 0 Å². The highest BCUT2D eigenvalue weighted by Crippen LogP contribution is 2.26. The van der Waals surface area contributed by atoms with Crippen molar-refractivity contribution in [2.75, 3.05) is 20.7 Å². The fourth-order valence-corrected chi connectivity index (χ4v) is 2.22. The average molecular weight is 460 g/mol. The standard InChI is InChI=1S/C16H24N6O2.HI/c1-5-17-16(21(2)10-15-19-11-20-22(15)3)18-9-12-6-7-14(24-4)13(23)8-12;/h6-8,11,23H,5,9-10H2,1-4H3,(H,17,18);1H. The zero-order chi connectivity index (χ0) is 17.5. The van der Waals surface area contributed by atoms with Crippen LogP contribution in [0.1, 0.15) is 18.3 Å². The van der Waals surface area contributed by atoms with Crippen LogP contribution in [-0.2, 0) is 20.1 Å². The number of aromatic nitrogens is 3. The highest BCUT2D eigenvalue weighted by atomic mass is 127. The molecule has 0 radical (unpaired) electrons. The summed E-state index contributed by atoms with van der Waals surface area (Å²) in [5.74, 6) is 2.18. The van der Waals surface area contributed by atoms with Crippen molar-refractivity contribution < 1.29 is 9.84 Å². The summed E-state index contributed by atoms with van der Waals surface area (Å²) in [7, 11) is 5.33. The van der Waals surface area contributed by atoms with Crippen LogP contribution in [0.2, 0.25) is 0 Å². The smallest absolute Gasteiger partial charge is 0.194 e. The molecule has 0 atom stereocenters. The maximum atomic E-state index is 9.85. The van der Waals surface area contributed by atoms with Gasteiger partial charge in [0.05, 0.1) is 20.2 Å². The van der Waals surface area contributed by atoms with Crippen molar-refractivity contribution in [3.8, 4) is 11.5 Å². The minimum atomic E-state index is 0. The number of ether oxygens (including phenoxy) is 1. The lowest BCUT2D eigenvalue weighted by Gasteiger charge is -2.21. The summed E-state index contributed by atoms with van der Waals surface area (Å²) in [5, 5.41) is 17.2. The van der Waals surface area contributed by atoms with Gasteiger partial charge in [0.1, 0.15) is 12.2 Å². The molecule has 2 rings (SSSR count). The van der Waals surface area contributed by atoms with Gasteiger partial charge in [-0.1, -0.05) is 6.07 Å². The Balaban J connectivity index is 0.00000312. The zero-order valence-electron chi connectivity index (χ0n) is 14.9. The SMILES string of the molecule is CCNC(=NCc1ccc(OC)c(O)c1)N(C)Cc1ncnn1C.I. The molecule has 2 N–H and O–H groups in total. The monoisotopic (exact) mass is 460 g/mol. The summed E-state index contributed by atoms with van der Waals surface area (Å²) in [6, 6.07) is 5.28. The molecule has 9 heteroatoms. The van der Waals surface area contributed by atoms with E-state index in [1.807, 2.05) is 32.0 Å². The van der Waals surface area contributed by atoms with Crippen molar-refractivity contribution in [2.45, 2.75) is 20.0 Å². The molecule has 25 heavy (non-hydrogen) atoms. The summed E-state index contributed by atoms with van der Waals surface area (Å²) in [5.41, 5.74) is 0.899. The topological polar surface area (TPSA) is 87.8 Å². The molecule has 0 aliphatic heterocycles. The Kier molecular flexibility index (Phi) is 8.46. The van der Waals surface area contributed by atoms with E-state index in [1.165, 1.54) is 13.4 Å². The maximum Gasteiger partial charge on any atom is 0.194 e. The lowest BCUT2D eigenvalue weighted by Crippen LogP contribution is -2.39. The molecule has 1 aromatic heterocycles. The Labute approximate surface area is 164 Å². The minimum Gasteiger partial charge on any atom is -0.504 e. The molecule has 8 nitrogen and oxygen atoms in total. The third-order valence-electron chi connectivity index (χ3n) is 3.53. The summed E-state index contributed by atoms with van der Waals surface area (Å²) in [4.78, 5) is 10.8. The quantitative estimate of drug-likeness (QED) is 0.388. The Morgan fingerprint density at radius 3 is 2.76 bits per heavy atom. The number of phenols is 1. The van der Waals surface area contributed by atoms with E-state index in [4.69, 9.17) is 4.74 Å². The number of methoxy groups -OCH3 is 1. The van der Waals surface area contributed by atoms with Gasteiger partial charge in [-0.05, 0) is 24.6 Å². The van der Waals surface area contributed by atoms with Crippen LogP contribution >= 0.6 is 24.0 Å². The number of aryl methyl sites for hydroxylation is 1. The first-order chi connectivity index (χ1) is 11.5. The van der Waals surface area contributed by atoms with Crippen molar-refractivity contribution in [3.63, 3.8) is 0 Å². The third-order valence-corrected chi connectivity index (χ3v) is 3.53. The van der Waals surface area contributed by atoms with Gasteiger partial charge in [-0.25, -0.2) is 9.98 Å². The molecule has 2 aromatic rings. The number of nitrogens with one attached hydrogen (secondary N) is 1. The number of benzene rings is 1. The van der Waals surface area contributed by atoms with Crippen LogP contribution in [0.15, 0.2) is 29.5 Å². The summed E-state index contributed by atoms with van der Waals surface area (Å²) >= 11 is 0. The lowest BCUT2D eigenvalue weighted by molar-refractivity contribution is 0.373. The summed E-state index contributed by atoms with van der Waals surface area (Å²) in [6.45, 7) is 3.82. The number of aliphatic imine (C=N–C) groups is 1. The van der Waals surface area contributed by atoms with Gasteiger partial charge in [-0.15, -0.1) is 24.0 Å². The second kappa shape index (κ2) is 10.1. The summed E-state index contributed by atoms with van der Waals surface area (Å²) in [6.07, 6.45) is 1.54. The van der Waals surface area contributed by atoms with Gasteiger partial charge in [0.15, 0.2) is 17.5 Å². The number of guanidine groups is 1. The van der Waals surface area contributed by atoms with Crippen LogP contribution in [0.3, 0.4) is 0 Å².